The number of ether oxygens (including phenoxy) is 1. The van der Waals surface area contributed by atoms with E-state index in [1.165, 1.54) is 12.0 Å². The van der Waals surface area contributed by atoms with Gasteiger partial charge in [0.2, 0.25) is 0 Å². The van der Waals surface area contributed by atoms with Gasteiger partial charge in [0.1, 0.15) is 6.10 Å². The van der Waals surface area contributed by atoms with Gasteiger partial charge in [0, 0.05) is 11.3 Å². The van der Waals surface area contributed by atoms with Crippen LogP contribution in [-0.4, -0.2) is 18.0 Å². The molecule has 0 unspecified atom stereocenters. The molecule has 1 aliphatic carbocycles. The molecule has 0 atom stereocenters. The van der Waals surface area contributed by atoms with Crippen molar-refractivity contribution in [2.75, 3.05) is 5.32 Å². The Morgan fingerprint density at radius 1 is 0.923 bits per heavy atom. The summed E-state index contributed by atoms with van der Waals surface area (Å²) in [6.45, 7) is 2.08. The third kappa shape index (κ3) is 4.72. The van der Waals surface area contributed by atoms with Crippen LogP contribution in [0.3, 0.4) is 0 Å². The maximum atomic E-state index is 12.3. The van der Waals surface area contributed by atoms with Crippen molar-refractivity contribution >= 4 is 17.6 Å². The SMILES string of the molecule is CCc1ccc(C(=O)Nc2ccc(C(=O)OC3CCCCC3)cc2)cc1. The second-order valence-corrected chi connectivity index (χ2v) is 6.75. The smallest absolute Gasteiger partial charge is 0.338 e. The van der Waals surface area contributed by atoms with Crippen LogP contribution in [-0.2, 0) is 11.2 Å². The molecular weight excluding hydrogens is 326 g/mol. The lowest BCUT2D eigenvalue weighted by Gasteiger charge is -2.21. The van der Waals surface area contributed by atoms with Crippen molar-refractivity contribution in [3.05, 3.63) is 65.2 Å². The number of anilines is 1. The van der Waals surface area contributed by atoms with Crippen LogP contribution in [0.5, 0.6) is 0 Å². The van der Waals surface area contributed by atoms with E-state index in [1.54, 1.807) is 24.3 Å². The van der Waals surface area contributed by atoms with Gasteiger partial charge in [-0.05, 0) is 74.1 Å². The van der Waals surface area contributed by atoms with E-state index >= 15 is 0 Å². The molecule has 1 N–H and O–H groups in total. The fourth-order valence-corrected chi connectivity index (χ4v) is 3.19. The van der Waals surface area contributed by atoms with E-state index < -0.39 is 0 Å². The maximum absolute atomic E-state index is 12.3. The Hall–Kier alpha value is -2.62. The molecule has 0 radical (unpaired) electrons. The molecule has 4 nitrogen and oxygen atoms in total. The molecule has 136 valence electrons. The predicted molar refractivity (Wildman–Crippen MR) is 103 cm³/mol. The minimum Gasteiger partial charge on any atom is -0.459 e. The topological polar surface area (TPSA) is 55.4 Å². The van der Waals surface area contributed by atoms with Crippen LogP contribution < -0.4 is 5.32 Å². The van der Waals surface area contributed by atoms with E-state index in [4.69, 9.17) is 4.74 Å². The zero-order chi connectivity index (χ0) is 18.4. The van der Waals surface area contributed by atoms with Crippen molar-refractivity contribution in [3.8, 4) is 0 Å². The van der Waals surface area contributed by atoms with Crippen LogP contribution in [0, 0.1) is 0 Å². The van der Waals surface area contributed by atoms with Gasteiger partial charge in [-0.3, -0.25) is 4.79 Å². The molecule has 1 fully saturated rings. The zero-order valence-electron chi connectivity index (χ0n) is 15.2. The third-order valence-corrected chi connectivity index (χ3v) is 4.83. The lowest BCUT2D eigenvalue weighted by atomic mass is 9.98. The van der Waals surface area contributed by atoms with Crippen LogP contribution in [0.4, 0.5) is 5.69 Å². The molecular formula is C22H25NO3. The standard InChI is InChI=1S/C22H25NO3/c1-2-16-8-10-17(11-9-16)21(24)23-19-14-12-18(13-15-19)22(25)26-20-6-4-3-5-7-20/h8-15,20H,2-7H2,1H3,(H,23,24). The van der Waals surface area contributed by atoms with Gasteiger partial charge >= 0.3 is 5.97 Å². The van der Waals surface area contributed by atoms with Crippen molar-refractivity contribution in [3.63, 3.8) is 0 Å². The summed E-state index contributed by atoms with van der Waals surface area (Å²) >= 11 is 0. The van der Waals surface area contributed by atoms with Gasteiger partial charge in [-0.25, -0.2) is 4.79 Å². The molecule has 4 heteroatoms. The van der Waals surface area contributed by atoms with Gasteiger partial charge in [-0.1, -0.05) is 25.5 Å². The Morgan fingerprint density at radius 2 is 1.54 bits per heavy atom. The highest BCUT2D eigenvalue weighted by molar-refractivity contribution is 6.04. The molecule has 1 aliphatic rings. The van der Waals surface area contributed by atoms with E-state index in [2.05, 4.69) is 12.2 Å². The molecule has 0 bridgehead atoms. The van der Waals surface area contributed by atoms with Gasteiger partial charge in [0.05, 0.1) is 5.56 Å². The second kappa shape index (κ2) is 8.65. The molecule has 0 aliphatic heterocycles. The molecule has 26 heavy (non-hydrogen) atoms. The average Bonchev–Trinajstić information content (AvgIpc) is 2.69. The largest absolute Gasteiger partial charge is 0.459 e. The normalized spacial score (nSPS) is 14.7. The molecule has 0 aromatic heterocycles. The number of nitrogens with one attached hydrogen (secondary N) is 1. The highest BCUT2D eigenvalue weighted by atomic mass is 16.5. The van der Waals surface area contributed by atoms with Crippen LogP contribution >= 0.6 is 0 Å². The van der Waals surface area contributed by atoms with Crippen molar-refractivity contribution in [1.29, 1.82) is 0 Å². The van der Waals surface area contributed by atoms with Gasteiger partial charge in [-0.2, -0.15) is 0 Å². The Bertz CT molecular complexity index is 744. The van der Waals surface area contributed by atoms with Gasteiger partial charge in [0.15, 0.2) is 0 Å². The van der Waals surface area contributed by atoms with Gasteiger partial charge in [-0.15, -0.1) is 0 Å². The third-order valence-electron chi connectivity index (χ3n) is 4.83. The molecule has 2 aromatic rings. The second-order valence-electron chi connectivity index (χ2n) is 6.75. The first-order chi connectivity index (χ1) is 12.7. The zero-order valence-corrected chi connectivity index (χ0v) is 15.2. The summed E-state index contributed by atoms with van der Waals surface area (Å²) in [5.41, 5.74) is 2.98. The van der Waals surface area contributed by atoms with Crippen molar-refractivity contribution in [2.24, 2.45) is 0 Å². The average molecular weight is 351 g/mol. The molecule has 1 amide bonds. The Labute approximate surface area is 154 Å². The summed E-state index contributed by atoms with van der Waals surface area (Å²) in [4.78, 5) is 24.5. The molecule has 0 heterocycles. The Kier molecular flexibility index (Phi) is 6.05. The van der Waals surface area contributed by atoms with Crippen LogP contribution in [0.25, 0.3) is 0 Å². The van der Waals surface area contributed by atoms with Crippen LogP contribution in [0.1, 0.15) is 65.3 Å². The van der Waals surface area contributed by atoms with E-state index in [0.29, 0.717) is 16.8 Å². The fourth-order valence-electron chi connectivity index (χ4n) is 3.19. The minimum atomic E-state index is -0.287. The first-order valence-corrected chi connectivity index (χ1v) is 9.37. The molecule has 2 aromatic carbocycles. The fraction of sp³-hybridized carbons (Fsp3) is 0.364. The highest BCUT2D eigenvalue weighted by Crippen LogP contribution is 2.22. The summed E-state index contributed by atoms with van der Waals surface area (Å²) in [6, 6.07) is 14.4. The number of rotatable bonds is 5. The van der Waals surface area contributed by atoms with E-state index in [0.717, 1.165) is 32.1 Å². The Balaban J connectivity index is 1.57. The summed E-state index contributed by atoms with van der Waals surface area (Å²) in [6.07, 6.45) is 6.38. The van der Waals surface area contributed by atoms with Crippen molar-refractivity contribution < 1.29 is 14.3 Å². The van der Waals surface area contributed by atoms with Gasteiger partial charge < -0.3 is 10.1 Å². The summed E-state index contributed by atoms with van der Waals surface area (Å²) in [5.74, 6) is -0.449. The molecule has 0 saturated heterocycles. The minimum absolute atomic E-state index is 0.0433. The molecule has 3 rings (SSSR count). The number of carbonyl (C=O) groups excluding carboxylic acids is 2. The van der Waals surface area contributed by atoms with Gasteiger partial charge in [0.25, 0.3) is 5.91 Å². The number of carbonyl (C=O) groups is 2. The van der Waals surface area contributed by atoms with Crippen LogP contribution in [0.15, 0.2) is 48.5 Å². The first-order valence-electron chi connectivity index (χ1n) is 9.37. The highest BCUT2D eigenvalue weighted by Gasteiger charge is 2.18. The van der Waals surface area contributed by atoms with E-state index in [-0.39, 0.29) is 18.0 Å². The summed E-state index contributed by atoms with van der Waals surface area (Å²) in [5, 5.41) is 2.85. The lowest BCUT2D eigenvalue weighted by molar-refractivity contribution is 0.0211. The molecule has 1 saturated carbocycles. The van der Waals surface area contributed by atoms with Crippen LogP contribution in [0.2, 0.25) is 0 Å². The van der Waals surface area contributed by atoms with Crippen molar-refractivity contribution in [2.45, 2.75) is 51.6 Å². The number of hydrogen-bond donors (Lipinski definition) is 1. The summed E-state index contributed by atoms with van der Waals surface area (Å²) in [7, 11) is 0. The quantitative estimate of drug-likeness (QED) is 0.772. The number of esters is 1. The number of benzene rings is 2. The monoisotopic (exact) mass is 351 g/mol. The maximum Gasteiger partial charge on any atom is 0.338 e. The number of hydrogen-bond acceptors (Lipinski definition) is 3. The van der Waals surface area contributed by atoms with Crippen molar-refractivity contribution in [1.82, 2.24) is 0 Å². The van der Waals surface area contributed by atoms with E-state index in [1.807, 2.05) is 24.3 Å². The first kappa shape index (κ1) is 18.2. The summed E-state index contributed by atoms with van der Waals surface area (Å²) < 4.78 is 5.56. The molecule has 0 spiro atoms. The predicted octanol–water partition coefficient (Wildman–Crippen LogP) is 4.99. The number of amides is 1. The number of aryl methyl sites for hydroxylation is 1. The lowest BCUT2D eigenvalue weighted by Crippen LogP contribution is -2.20. The van der Waals surface area contributed by atoms with E-state index in [9.17, 15) is 9.59 Å². The Morgan fingerprint density at radius 3 is 2.15 bits per heavy atom.